The zero-order valence-corrected chi connectivity index (χ0v) is 12.2. The number of aryl methyl sites for hydroxylation is 2. The molecule has 1 aromatic rings. The smallest absolute Gasteiger partial charge is 0.309 e. The van der Waals surface area contributed by atoms with Crippen molar-refractivity contribution in [2.24, 2.45) is 5.92 Å². The van der Waals surface area contributed by atoms with Crippen LogP contribution in [0, 0.1) is 19.8 Å². The molecular weight excluding hydrogens is 240 g/mol. The van der Waals surface area contributed by atoms with Crippen molar-refractivity contribution in [1.29, 1.82) is 0 Å². The second-order valence-corrected chi connectivity index (χ2v) is 5.43. The molecule has 0 bridgehead atoms. The Hall–Kier alpha value is -1.35. The lowest BCUT2D eigenvalue weighted by Crippen LogP contribution is -2.55. The maximum absolute atomic E-state index is 12.0. The molecule has 104 valence electrons. The van der Waals surface area contributed by atoms with E-state index in [0.29, 0.717) is 13.2 Å². The summed E-state index contributed by atoms with van der Waals surface area (Å²) >= 11 is 0. The van der Waals surface area contributed by atoms with E-state index in [4.69, 9.17) is 9.47 Å². The maximum atomic E-state index is 12.0. The average molecular weight is 262 g/mol. The first-order valence-corrected chi connectivity index (χ1v) is 6.78. The van der Waals surface area contributed by atoms with Crippen LogP contribution in [-0.4, -0.2) is 26.3 Å². The average Bonchev–Trinajstić information content (AvgIpc) is 2.36. The molecule has 1 heterocycles. The molecule has 0 aliphatic carbocycles. The van der Waals surface area contributed by atoms with Crippen molar-refractivity contribution >= 4 is 5.97 Å². The molecule has 2 rings (SSSR count). The van der Waals surface area contributed by atoms with Crippen LogP contribution in [0.4, 0.5) is 0 Å². The third-order valence-corrected chi connectivity index (χ3v) is 4.36. The molecule has 1 fully saturated rings. The Kier molecular flexibility index (Phi) is 3.95. The van der Waals surface area contributed by atoms with E-state index in [0.717, 1.165) is 6.42 Å². The molecule has 0 spiro atoms. The lowest BCUT2D eigenvalue weighted by molar-refractivity contribution is -0.160. The van der Waals surface area contributed by atoms with E-state index >= 15 is 0 Å². The van der Waals surface area contributed by atoms with Crippen LogP contribution in [0.5, 0.6) is 0 Å². The highest BCUT2D eigenvalue weighted by atomic mass is 16.5. The Balaban J connectivity index is 2.41. The molecule has 0 aromatic heterocycles. The summed E-state index contributed by atoms with van der Waals surface area (Å²) in [7, 11) is 1.46. The highest BCUT2D eigenvalue weighted by molar-refractivity contribution is 5.75. The molecule has 1 aliphatic heterocycles. The first kappa shape index (κ1) is 14.1. The molecule has 3 nitrogen and oxygen atoms in total. The second-order valence-electron chi connectivity index (χ2n) is 5.43. The summed E-state index contributed by atoms with van der Waals surface area (Å²) in [4.78, 5) is 12.0. The van der Waals surface area contributed by atoms with Gasteiger partial charge in [0.25, 0.3) is 0 Å². The van der Waals surface area contributed by atoms with Crippen molar-refractivity contribution in [3.63, 3.8) is 0 Å². The van der Waals surface area contributed by atoms with Crippen molar-refractivity contribution in [2.45, 2.75) is 32.6 Å². The van der Waals surface area contributed by atoms with Crippen LogP contribution in [0.1, 0.15) is 30.0 Å². The first-order valence-electron chi connectivity index (χ1n) is 6.78. The Labute approximate surface area is 114 Å². The van der Waals surface area contributed by atoms with Crippen LogP contribution in [0.15, 0.2) is 18.2 Å². The molecule has 0 saturated carbocycles. The van der Waals surface area contributed by atoms with Gasteiger partial charge < -0.3 is 9.47 Å². The lowest BCUT2D eigenvalue weighted by atomic mass is 9.67. The Morgan fingerprint density at radius 2 is 2.05 bits per heavy atom. The van der Waals surface area contributed by atoms with E-state index in [1.807, 2.05) is 6.92 Å². The van der Waals surface area contributed by atoms with Gasteiger partial charge in [-0.1, -0.05) is 25.1 Å². The number of carbonyl (C=O) groups excluding carboxylic acids is 1. The van der Waals surface area contributed by atoms with E-state index in [1.54, 1.807) is 0 Å². The Bertz CT molecular complexity index is 475. The van der Waals surface area contributed by atoms with Gasteiger partial charge in [-0.2, -0.15) is 0 Å². The first-order chi connectivity index (χ1) is 9.05. The van der Waals surface area contributed by atoms with Crippen LogP contribution < -0.4 is 0 Å². The van der Waals surface area contributed by atoms with Gasteiger partial charge in [0, 0.05) is 0 Å². The highest BCUT2D eigenvalue weighted by Gasteiger charge is 2.50. The minimum atomic E-state index is -0.208. The van der Waals surface area contributed by atoms with Crippen molar-refractivity contribution in [3.8, 4) is 0 Å². The Morgan fingerprint density at radius 3 is 2.47 bits per heavy atom. The molecule has 3 heteroatoms. The van der Waals surface area contributed by atoms with Gasteiger partial charge in [0.15, 0.2) is 0 Å². The number of benzene rings is 1. The van der Waals surface area contributed by atoms with E-state index < -0.39 is 0 Å². The minimum absolute atomic E-state index is 0.131. The predicted molar refractivity (Wildman–Crippen MR) is 74.2 cm³/mol. The fourth-order valence-electron chi connectivity index (χ4n) is 2.87. The summed E-state index contributed by atoms with van der Waals surface area (Å²) in [6, 6.07) is 6.43. The van der Waals surface area contributed by atoms with Gasteiger partial charge in [-0.25, -0.2) is 0 Å². The molecule has 1 saturated heterocycles. The molecule has 1 aromatic carbocycles. The predicted octanol–water partition coefficient (Wildman–Crippen LogP) is 2.77. The summed E-state index contributed by atoms with van der Waals surface area (Å²) in [6.07, 6.45) is 0.767. The largest absolute Gasteiger partial charge is 0.469 e. The third kappa shape index (κ3) is 2.27. The van der Waals surface area contributed by atoms with Crippen molar-refractivity contribution in [3.05, 3.63) is 34.9 Å². The molecule has 0 N–H and O–H groups in total. The van der Waals surface area contributed by atoms with Gasteiger partial charge >= 0.3 is 5.97 Å². The van der Waals surface area contributed by atoms with Crippen molar-refractivity contribution < 1.29 is 14.3 Å². The zero-order chi connectivity index (χ0) is 14.0. The van der Waals surface area contributed by atoms with E-state index in [9.17, 15) is 4.79 Å². The number of rotatable bonds is 4. The minimum Gasteiger partial charge on any atom is -0.469 e. The third-order valence-electron chi connectivity index (χ3n) is 4.36. The summed E-state index contributed by atoms with van der Waals surface area (Å²) in [5.74, 6) is -0.266. The normalized spacial score (nSPS) is 18.5. The number of hydrogen-bond donors (Lipinski definition) is 0. The van der Waals surface area contributed by atoms with E-state index in [-0.39, 0.29) is 17.3 Å². The van der Waals surface area contributed by atoms with Crippen LogP contribution in [0.3, 0.4) is 0 Å². The van der Waals surface area contributed by atoms with Gasteiger partial charge in [0.1, 0.15) is 0 Å². The lowest BCUT2D eigenvalue weighted by Gasteiger charge is -2.46. The van der Waals surface area contributed by atoms with Gasteiger partial charge in [0.2, 0.25) is 0 Å². The Morgan fingerprint density at radius 1 is 1.37 bits per heavy atom. The standard InChI is InChI=1S/C16H22O3/c1-5-14(15(17)18-4)16(9-19-10-16)13-7-6-11(2)12(3)8-13/h6-8,14H,5,9-10H2,1-4H3. The molecule has 0 amide bonds. The fraction of sp³-hybridized carbons (Fsp3) is 0.562. The van der Waals surface area contributed by atoms with E-state index in [1.165, 1.54) is 23.8 Å². The molecule has 1 atom stereocenters. The molecule has 1 aliphatic rings. The summed E-state index contributed by atoms with van der Waals surface area (Å²) in [5.41, 5.74) is 3.51. The highest BCUT2D eigenvalue weighted by Crippen LogP contribution is 2.42. The van der Waals surface area contributed by atoms with E-state index in [2.05, 4.69) is 32.0 Å². The SMILES string of the molecule is CCC(C(=O)OC)C1(c2ccc(C)c(C)c2)COC1. The van der Waals surface area contributed by atoms with Crippen LogP contribution in [0.2, 0.25) is 0 Å². The van der Waals surface area contributed by atoms with Gasteiger partial charge in [-0.15, -0.1) is 0 Å². The molecule has 19 heavy (non-hydrogen) atoms. The number of ether oxygens (including phenoxy) is 2. The number of hydrogen-bond acceptors (Lipinski definition) is 3. The summed E-state index contributed by atoms with van der Waals surface area (Å²) < 4.78 is 10.4. The maximum Gasteiger partial charge on any atom is 0.309 e. The molecule has 1 unspecified atom stereocenters. The number of esters is 1. The van der Waals surface area contributed by atoms with Crippen LogP contribution in [-0.2, 0) is 19.7 Å². The molecular formula is C16H22O3. The van der Waals surface area contributed by atoms with Gasteiger partial charge in [-0.3, -0.25) is 4.79 Å². The number of methoxy groups -OCH3 is 1. The summed E-state index contributed by atoms with van der Waals surface area (Å²) in [5, 5.41) is 0. The van der Waals surface area contributed by atoms with Crippen molar-refractivity contribution in [2.75, 3.05) is 20.3 Å². The molecule has 0 radical (unpaired) electrons. The van der Waals surface area contributed by atoms with Crippen LogP contribution in [0.25, 0.3) is 0 Å². The number of carbonyl (C=O) groups is 1. The second kappa shape index (κ2) is 5.33. The van der Waals surface area contributed by atoms with Gasteiger partial charge in [0.05, 0.1) is 31.7 Å². The monoisotopic (exact) mass is 262 g/mol. The fourth-order valence-corrected chi connectivity index (χ4v) is 2.87. The van der Waals surface area contributed by atoms with Gasteiger partial charge in [-0.05, 0) is 37.0 Å². The van der Waals surface area contributed by atoms with Crippen molar-refractivity contribution in [1.82, 2.24) is 0 Å². The summed E-state index contributed by atoms with van der Waals surface area (Å²) in [6.45, 7) is 7.43. The topological polar surface area (TPSA) is 35.5 Å². The quantitative estimate of drug-likeness (QED) is 0.783. The zero-order valence-electron chi connectivity index (χ0n) is 12.2. The van der Waals surface area contributed by atoms with Crippen LogP contribution >= 0.6 is 0 Å².